The fourth-order valence-electron chi connectivity index (χ4n) is 1.13. The highest BCUT2D eigenvalue weighted by atomic mass is 32.2. The molecule has 0 saturated heterocycles. The lowest BCUT2D eigenvalue weighted by Crippen LogP contribution is -2.37. The summed E-state index contributed by atoms with van der Waals surface area (Å²) in [5, 5.41) is 8.76. The van der Waals surface area contributed by atoms with Crippen LogP contribution < -0.4 is 9.44 Å². The van der Waals surface area contributed by atoms with Crippen LogP contribution in [0.3, 0.4) is 0 Å². The van der Waals surface area contributed by atoms with Crippen LogP contribution in [0.4, 0.5) is 10.6 Å². The minimum Gasteiger partial charge on any atom is -0.478 e. The van der Waals surface area contributed by atoms with Crippen molar-refractivity contribution in [2.45, 2.75) is 20.0 Å². The summed E-state index contributed by atoms with van der Waals surface area (Å²) in [5.41, 5.74) is -0.151. The third kappa shape index (κ3) is 5.10. The molecule has 0 atom stereocenters. The van der Waals surface area contributed by atoms with Crippen molar-refractivity contribution in [2.24, 2.45) is 0 Å². The molecule has 20 heavy (non-hydrogen) atoms. The Bertz CT molecular complexity index is 613. The first-order valence-corrected chi connectivity index (χ1v) is 6.88. The van der Waals surface area contributed by atoms with E-state index in [0.29, 0.717) is 0 Å². The van der Waals surface area contributed by atoms with Crippen LogP contribution in [0, 0.1) is 0 Å². The van der Waals surface area contributed by atoms with Gasteiger partial charge in [-0.2, -0.15) is 8.42 Å². The summed E-state index contributed by atoms with van der Waals surface area (Å²) in [6, 6.07) is 2.20. The number of ether oxygens (including phenoxy) is 1. The van der Waals surface area contributed by atoms with E-state index in [2.05, 4.69) is 9.72 Å². The van der Waals surface area contributed by atoms with Crippen LogP contribution in [0.2, 0.25) is 0 Å². The van der Waals surface area contributed by atoms with E-state index in [1.807, 2.05) is 4.72 Å². The number of rotatable bonds is 5. The lowest BCUT2D eigenvalue weighted by atomic mass is 10.3. The van der Waals surface area contributed by atoms with E-state index < -0.39 is 28.4 Å². The first-order chi connectivity index (χ1) is 9.19. The van der Waals surface area contributed by atoms with Gasteiger partial charge < -0.3 is 9.84 Å². The molecule has 0 radical (unpaired) electrons. The molecule has 110 valence electrons. The van der Waals surface area contributed by atoms with Gasteiger partial charge in [0.2, 0.25) is 0 Å². The van der Waals surface area contributed by atoms with Crippen molar-refractivity contribution in [3.8, 4) is 0 Å². The maximum absolute atomic E-state index is 11.6. The first kappa shape index (κ1) is 15.7. The van der Waals surface area contributed by atoms with Crippen molar-refractivity contribution in [1.82, 2.24) is 9.71 Å². The molecule has 1 heterocycles. The van der Waals surface area contributed by atoms with Gasteiger partial charge in [0.25, 0.3) is 0 Å². The maximum atomic E-state index is 11.6. The molecule has 0 aromatic carbocycles. The second-order valence-corrected chi connectivity index (χ2v) is 5.31. The number of amides is 1. The Labute approximate surface area is 115 Å². The first-order valence-electron chi connectivity index (χ1n) is 5.40. The molecule has 1 aromatic heterocycles. The molecule has 0 unspecified atom stereocenters. The zero-order chi connectivity index (χ0) is 15.3. The Hall–Kier alpha value is -2.36. The molecule has 0 bridgehead atoms. The molecular weight excluding hydrogens is 290 g/mol. The quantitative estimate of drug-likeness (QED) is 0.723. The number of pyridine rings is 1. The highest BCUT2D eigenvalue weighted by Crippen LogP contribution is 2.08. The third-order valence-electron chi connectivity index (χ3n) is 1.81. The monoisotopic (exact) mass is 303 g/mol. The number of carbonyl (C=O) groups excluding carboxylic acids is 1. The lowest BCUT2D eigenvalue weighted by molar-refractivity contribution is 0.0696. The normalized spacial score (nSPS) is 10.9. The van der Waals surface area contributed by atoms with Crippen LogP contribution in [0.25, 0.3) is 0 Å². The fraction of sp³-hybridized carbons (Fsp3) is 0.300. The second-order valence-electron chi connectivity index (χ2n) is 3.90. The fourth-order valence-corrected chi connectivity index (χ4v) is 1.84. The summed E-state index contributed by atoms with van der Waals surface area (Å²) in [6.07, 6.45) is -0.520. The van der Waals surface area contributed by atoms with Gasteiger partial charge in [0.15, 0.2) is 0 Å². The van der Waals surface area contributed by atoms with Crippen LogP contribution in [0.1, 0.15) is 24.2 Å². The molecule has 0 spiro atoms. The van der Waals surface area contributed by atoms with E-state index >= 15 is 0 Å². The van der Waals surface area contributed by atoms with Gasteiger partial charge in [-0.3, -0.25) is 4.72 Å². The van der Waals surface area contributed by atoms with E-state index in [4.69, 9.17) is 5.11 Å². The third-order valence-corrected chi connectivity index (χ3v) is 2.72. The minimum atomic E-state index is -4.25. The largest absolute Gasteiger partial charge is 0.478 e. The molecule has 1 rings (SSSR count). The standard InChI is InChI=1S/C10H13N3O6S/c1-6(2)19-10(16)13-20(17,18)12-8-5-7(9(14)15)3-4-11-8/h3-6H,1-2H3,(H,11,12)(H,13,16)(H,14,15). The zero-order valence-corrected chi connectivity index (χ0v) is 11.5. The molecule has 9 nitrogen and oxygen atoms in total. The number of nitrogens with zero attached hydrogens (tertiary/aromatic N) is 1. The number of hydrogen-bond acceptors (Lipinski definition) is 6. The second kappa shape index (κ2) is 6.19. The van der Waals surface area contributed by atoms with E-state index in [0.717, 1.165) is 12.3 Å². The lowest BCUT2D eigenvalue weighted by Gasteiger charge is -2.11. The van der Waals surface area contributed by atoms with Gasteiger partial charge in [0.05, 0.1) is 11.7 Å². The summed E-state index contributed by atoms with van der Waals surface area (Å²) in [6.45, 7) is 3.11. The number of aromatic nitrogens is 1. The van der Waals surface area contributed by atoms with Crippen molar-refractivity contribution in [3.63, 3.8) is 0 Å². The number of carboxylic acids is 1. The molecule has 0 aliphatic carbocycles. The van der Waals surface area contributed by atoms with Crippen molar-refractivity contribution < 1.29 is 27.9 Å². The molecule has 1 aromatic rings. The van der Waals surface area contributed by atoms with E-state index in [9.17, 15) is 18.0 Å². The van der Waals surface area contributed by atoms with Gasteiger partial charge in [0, 0.05) is 6.20 Å². The van der Waals surface area contributed by atoms with Crippen molar-refractivity contribution in [1.29, 1.82) is 0 Å². The van der Waals surface area contributed by atoms with Gasteiger partial charge in [-0.1, -0.05) is 0 Å². The highest BCUT2D eigenvalue weighted by Gasteiger charge is 2.17. The minimum absolute atomic E-state index is 0.151. The van der Waals surface area contributed by atoms with E-state index in [-0.39, 0.29) is 11.4 Å². The average Bonchev–Trinajstić information content (AvgIpc) is 2.26. The molecule has 0 saturated carbocycles. The van der Waals surface area contributed by atoms with Gasteiger partial charge in [-0.25, -0.2) is 19.3 Å². The number of nitrogens with one attached hydrogen (secondary N) is 2. The number of aromatic carboxylic acids is 1. The summed E-state index contributed by atoms with van der Waals surface area (Å²) in [5.74, 6) is -1.48. The van der Waals surface area contributed by atoms with Gasteiger partial charge >= 0.3 is 22.3 Å². The van der Waals surface area contributed by atoms with E-state index in [1.54, 1.807) is 18.6 Å². The Morgan fingerprint density at radius 3 is 2.60 bits per heavy atom. The topological polar surface area (TPSA) is 135 Å². The molecule has 1 amide bonds. The van der Waals surface area contributed by atoms with Crippen molar-refractivity contribution in [3.05, 3.63) is 23.9 Å². The van der Waals surface area contributed by atoms with Crippen LogP contribution in [-0.4, -0.2) is 36.7 Å². The Kier molecular flexibility index (Phi) is 4.86. The van der Waals surface area contributed by atoms with E-state index in [1.165, 1.54) is 6.07 Å². The SMILES string of the molecule is CC(C)OC(=O)NS(=O)(=O)Nc1cc(C(=O)O)ccn1. The molecule has 0 fully saturated rings. The number of anilines is 1. The maximum Gasteiger partial charge on any atom is 0.422 e. The van der Waals surface area contributed by atoms with Crippen LogP contribution >= 0.6 is 0 Å². The molecule has 10 heteroatoms. The Morgan fingerprint density at radius 1 is 1.40 bits per heavy atom. The molecule has 3 N–H and O–H groups in total. The average molecular weight is 303 g/mol. The van der Waals surface area contributed by atoms with Crippen LogP contribution in [0.5, 0.6) is 0 Å². The predicted octanol–water partition coefficient (Wildman–Crippen LogP) is 0.571. The van der Waals surface area contributed by atoms with Crippen LogP contribution in [-0.2, 0) is 14.9 Å². The summed E-state index contributed by atoms with van der Waals surface area (Å²) < 4.78 is 31.2. The van der Waals surface area contributed by atoms with Crippen molar-refractivity contribution in [2.75, 3.05) is 4.72 Å². The number of hydrogen-bond donors (Lipinski definition) is 3. The van der Waals surface area contributed by atoms with Crippen molar-refractivity contribution >= 4 is 28.1 Å². The predicted molar refractivity (Wildman–Crippen MR) is 68.5 cm³/mol. The smallest absolute Gasteiger partial charge is 0.422 e. The summed E-state index contributed by atoms with van der Waals surface area (Å²) in [7, 11) is -4.25. The Balaban J connectivity index is 2.78. The summed E-state index contributed by atoms with van der Waals surface area (Å²) >= 11 is 0. The summed E-state index contributed by atoms with van der Waals surface area (Å²) in [4.78, 5) is 25.5. The number of carboxylic acid groups (broad SMARTS) is 1. The molecular formula is C10H13N3O6S. The Morgan fingerprint density at radius 2 is 2.05 bits per heavy atom. The van der Waals surface area contributed by atoms with Gasteiger partial charge in [-0.15, -0.1) is 0 Å². The highest BCUT2D eigenvalue weighted by molar-refractivity contribution is 7.91. The number of carbonyl (C=O) groups is 2. The zero-order valence-electron chi connectivity index (χ0n) is 10.7. The molecule has 0 aliphatic heterocycles. The van der Waals surface area contributed by atoms with Crippen LogP contribution in [0.15, 0.2) is 18.3 Å². The van der Waals surface area contributed by atoms with Gasteiger partial charge in [-0.05, 0) is 26.0 Å². The molecule has 0 aliphatic rings. The van der Waals surface area contributed by atoms with Gasteiger partial charge in [0.1, 0.15) is 5.82 Å².